The van der Waals surface area contributed by atoms with Crippen LogP contribution in [0.5, 0.6) is 0 Å². The molecule has 272 valence electrons. The van der Waals surface area contributed by atoms with Gasteiger partial charge in [-0.25, -0.2) is 0 Å². The van der Waals surface area contributed by atoms with E-state index in [1.54, 1.807) is 0 Å². The van der Waals surface area contributed by atoms with Crippen molar-refractivity contribution in [1.82, 2.24) is 4.57 Å². The Morgan fingerprint density at radius 1 is 0.293 bits per heavy atom. The Bertz CT molecular complexity index is 3280. The minimum Gasteiger partial charge on any atom is -0.309 e. The van der Waals surface area contributed by atoms with Crippen LogP contribution in [0.4, 0.5) is 17.1 Å². The Morgan fingerprint density at radius 3 is 1.72 bits per heavy atom. The minimum absolute atomic E-state index is 1.10. The van der Waals surface area contributed by atoms with E-state index in [9.17, 15) is 0 Å². The van der Waals surface area contributed by atoms with Gasteiger partial charge in [0, 0.05) is 27.6 Å². The van der Waals surface area contributed by atoms with Crippen molar-refractivity contribution in [2.24, 2.45) is 0 Å². The molecule has 0 fully saturated rings. The fraction of sp³-hybridized carbons (Fsp3) is 0. The van der Waals surface area contributed by atoms with Gasteiger partial charge in [-0.1, -0.05) is 176 Å². The zero-order valence-electron chi connectivity index (χ0n) is 31.8. The summed E-state index contributed by atoms with van der Waals surface area (Å²) in [4.78, 5) is 2.52. The molecule has 11 aromatic rings. The van der Waals surface area contributed by atoms with Crippen LogP contribution in [0, 0.1) is 0 Å². The fourth-order valence-electron chi connectivity index (χ4n) is 8.92. The fourth-order valence-corrected chi connectivity index (χ4v) is 8.92. The van der Waals surface area contributed by atoms with E-state index in [1.807, 2.05) is 0 Å². The molecule has 58 heavy (non-hydrogen) atoms. The van der Waals surface area contributed by atoms with Crippen LogP contribution in [-0.2, 0) is 0 Å². The molecular formula is C56H38N2. The Balaban J connectivity index is 1.24. The molecule has 0 saturated heterocycles. The summed E-state index contributed by atoms with van der Waals surface area (Å²) >= 11 is 0. The minimum atomic E-state index is 1.10. The van der Waals surface area contributed by atoms with Crippen LogP contribution in [-0.4, -0.2) is 4.57 Å². The number of rotatable bonds is 7. The molecule has 10 aromatic carbocycles. The molecule has 0 spiro atoms. The van der Waals surface area contributed by atoms with E-state index < -0.39 is 0 Å². The summed E-state index contributed by atoms with van der Waals surface area (Å²) in [7, 11) is 0. The van der Waals surface area contributed by atoms with Gasteiger partial charge < -0.3 is 9.47 Å². The van der Waals surface area contributed by atoms with Crippen LogP contribution in [0.15, 0.2) is 231 Å². The van der Waals surface area contributed by atoms with Gasteiger partial charge in [-0.2, -0.15) is 0 Å². The molecule has 11 rings (SSSR count). The summed E-state index contributed by atoms with van der Waals surface area (Å²) in [5.41, 5.74) is 13.9. The lowest BCUT2D eigenvalue weighted by Gasteiger charge is -2.31. The zero-order chi connectivity index (χ0) is 38.4. The maximum Gasteiger partial charge on any atom is 0.0562 e. The number of hydrogen-bond acceptors (Lipinski definition) is 1. The van der Waals surface area contributed by atoms with E-state index in [1.165, 1.54) is 60.1 Å². The van der Waals surface area contributed by atoms with E-state index >= 15 is 0 Å². The van der Waals surface area contributed by atoms with Gasteiger partial charge in [-0.05, 0) is 98.4 Å². The quantitative estimate of drug-likeness (QED) is 0.158. The molecule has 0 amide bonds. The third-order valence-electron chi connectivity index (χ3n) is 11.6. The van der Waals surface area contributed by atoms with Gasteiger partial charge >= 0.3 is 0 Å². The van der Waals surface area contributed by atoms with Crippen molar-refractivity contribution < 1.29 is 0 Å². The second-order valence-electron chi connectivity index (χ2n) is 14.9. The van der Waals surface area contributed by atoms with Gasteiger partial charge in [0.15, 0.2) is 0 Å². The summed E-state index contributed by atoms with van der Waals surface area (Å²) in [6.45, 7) is 0. The molecule has 0 aliphatic rings. The SMILES string of the molecule is c1ccc(-c2cc(-c3ccc4ccccc4c3)ccc2N(c2ccccc2-c2cccc3ccccc23)c2cccc3c2c2ccccc2n3-c2ccccc2)cc1. The molecule has 0 aliphatic heterocycles. The van der Waals surface area contributed by atoms with Crippen molar-refractivity contribution in [2.75, 3.05) is 4.90 Å². The van der Waals surface area contributed by atoms with Crippen LogP contribution in [0.1, 0.15) is 0 Å². The first-order valence-corrected chi connectivity index (χ1v) is 19.9. The molecular weight excluding hydrogens is 701 g/mol. The molecule has 2 nitrogen and oxygen atoms in total. The second-order valence-corrected chi connectivity index (χ2v) is 14.9. The highest BCUT2D eigenvalue weighted by molar-refractivity contribution is 6.17. The highest BCUT2D eigenvalue weighted by Crippen LogP contribution is 2.50. The molecule has 0 aliphatic carbocycles. The predicted molar refractivity (Wildman–Crippen MR) is 247 cm³/mol. The Hall–Kier alpha value is -7.68. The molecule has 0 radical (unpaired) electrons. The summed E-state index contributed by atoms with van der Waals surface area (Å²) in [6.07, 6.45) is 0. The van der Waals surface area contributed by atoms with Crippen molar-refractivity contribution in [2.45, 2.75) is 0 Å². The summed E-state index contributed by atoms with van der Waals surface area (Å²) in [5, 5.41) is 7.33. The lowest BCUT2D eigenvalue weighted by Crippen LogP contribution is -2.13. The molecule has 0 bridgehead atoms. The highest BCUT2D eigenvalue weighted by Gasteiger charge is 2.25. The number of hydrogen-bond donors (Lipinski definition) is 0. The van der Waals surface area contributed by atoms with Crippen LogP contribution in [0.25, 0.3) is 82.4 Å². The smallest absolute Gasteiger partial charge is 0.0562 e. The van der Waals surface area contributed by atoms with Gasteiger partial charge in [-0.3, -0.25) is 0 Å². The first-order valence-electron chi connectivity index (χ1n) is 19.9. The number of aromatic nitrogens is 1. The zero-order valence-corrected chi connectivity index (χ0v) is 31.8. The summed E-state index contributed by atoms with van der Waals surface area (Å²) in [5.74, 6) is 0. The number of benzene rings is 10. The van der Waals surface area contributed by atoms with Crippen LogP contribution in [0.2, 0.25) is 0 Å². The lowest BCUT2D eigenvalue weighted by atomic mass is 9.93. The van der Waals surface area contributed by atoms with Crippen molar-refractivity contribution in [1.29, 1.82) is 0 Å². The van der Waals surface area contributed by atoms with Crippen molar-refractivity contribution >= 4 is 60.4 Å². The Labute approximate surface area is 338 Å². The first-order chi connectivity index (χ1) is 28.8. The monoisotopic (exact) mass is 738 g/mol. The molecule has 0 saturated carbocycles. The van der Waals surface area contributed by atoms with Crippen LogP contribution < -0.4 is 4.90 Å². The number of fused-ring (bicyclic) bond motifs is 5. The second kappa shape index (κ2) is 14.1. The van der Waals surface area contributed by atoms with Gasteiger partial charge in [0.1, 0.15) is 0 Å². The van der Waals surface area contributed by atoms with E-state index in [2.05, 4.69) is 240 Å². The predicted octanol–water partition coefficient (Wildman–Crippen LogP) is 15.6. The lowest BCUT2D eigenvalue weighted by molar-refractivity contribution is 1.18. The topological polar surface area (TPSA) is 8.17 Å². The largest absolute Gasteiger partial charge is 0.309 e. The van der Waals surface area contributed by atoms with Gasteiger partial charge in [0.2, 0.25) is 0 Å². The average Bonchev–Trinajstić information content (AvgIpc) is 3.65. The Morgan fingerprint density at radius 2 is 0.862 bits per heavy atom. The Kier molecular flexibility index (Phi) is 8.19. The van der Waals surface area contributed by atoms with E-state index in [4.69, 9.17) is 0 Å². The molecule has 1 aromatic heterocycles. The first kappa shape index (κ1) is 33.6. The van der Waals surface area contributed by atoms with Gasteiger partial charge in [0.25, 0.3) is 0 Å². The van der Waals surface area contributed by atoms with E-state index in [-0.39, 0.29) is 0 Å². The third-order valence-corrected chi connectivity index (χ3v) is 11.6. The molecule has 2 heteroatoms. The highest BCUT2D eigenvalue weighted by atomic mass is 15.2. The normalized spacial score (nSPS) is 11.4. The van der Waals surface area contributed by atoms with Crippen molar-refractivity contribution in [3.05, 3.63) is 231 Å². The van der Waals surface area contributed by atoms with Crippen molar-refractivity contribution in [3.63, 3.8) is 0 Å². The summed E-state index contributed by atoms with van der Waals surface area (Å²) in [6, 6.07) is 83.9. The summed E-state index contributed by atoms with van der Waals surface area (Å²) < 4.78 is 2.41. The molecule has 1 heterocycles. The number of nitrogens with zero attached hydrogens (tertiary/aromatic N) is 2. The van der Waals surface area contributed by atoms with Crippen LogP contribution in [0.3, 0.4) is 0 Å². The van der Waals surface area contributed by atoms with E-state index in [0.717, 1.165) is 39.4 Å². The van der Waals surface area contributed by atoms with Gasteiger partial charge in [0.05, 0.1) is 28.1 Å². The number of anilines is 3. The molecule has 0 unspecified atom stereocenters. The van der Waals surface area contributed by atoms with Crippen molar-refractivity contribution in [3.8, 4) is 39.1 Å². The third kappa shape index (κ3) is 5.66. The number of para-hydroxylation sites is 3. The standard InChI is InChI=1S/C56H38N2/c1-3-18-41(19-4-1)50-38-44(43-34-33-39-17-7-8-21-42(39)37-43)35-36-53(50)58(51-29-13-11-26-48(51)47-28-15-22-40-20-9-10-25-46(40)47)55-32-16-31-54-56(55)49-27-12-14-30-52(49)57(54)45-23-5-2-6-24-45/h1-38H. The molecule has 0 N–H and O–H groups in total. The molecule has 0 atom stereocenters. The maximum atomic E-state index is 2.52. The average molecular weight is 739 g/mol. The van der Waals surface area contributed by atoms with Gasteiger partial charge in [-0.15, -0.1) is 0 Å². The van der Waals surface area contributed by atoms with Crippen LogP contribution >= 0.6 is 0 Å². The van der Waals surface area contributed by atoms with E-state index in [0.29, 0.717) is 0 Å². The maximum absolute atomic E-state index is 2.52.